The molecule has 1 unspecified atom stereocenters. The Morgan fingerprint density at radius 1 is 1.05 bits per heavy atom. The molecule has 0 spiro atoms. The Balaban J connectivity index is 1.99. The van der Waals surface area contributed by atoms with Crippen LogP contribution >= 0.6 is 0 Å². The van der Waals surface area contributed by atoms with Crippen LogP contribution in [-0.4, -0.2) is 12.6 Å². The van der Waals surface area contributed by atoms with Gasteiger partial charge < -0.3 is 5.32 Å². The molecule has 0 bridgehead atoms. The first kappa shape index (κ1) is 15.6. The highest BCUT2D eigenvalue weighted by Gasteiger charge is 2.22. The second-order valence-electron chi connectivity index (χ2n) is 6.50. The quantitative estimate of drug-likeness (QED) is 0.729. The molecular formula is C19H31N. The van der Waals surface area contributed by atoms with Crippen LogP contribution in [0, 0.1) is 12.8 Å². The standard InChI is InChI=1S/C19H31N/c1-3-14-20-19(18-8-6-4-5-7-9-18)15-17-12-10-16(2)11-13-17/h10-13,18-20H,3-9,14-15H2,1-2H3. The summed E-state index contributed by atoms with van der Waals surface area (Å²) in [5.74, 6) is 0.880. The largest absolute Gasteiger partial charge is 0.313 e. The van der Waals surface area contributed by atoms with Crippen molar-refractivity contribution in [2.45, 2.75) is 71.3 Å². The molecule has 0 saturated heterocycles. The van der Waals surface area contributed by atoms with Crippen LogP contribution in [0.4, 0.5) is 0 Å². The summed E-state index contributed by atoms with van der Waals surface area (Å²) in [6, 6.07) is 9.80. The summed E-state index contributed by atoms with van der Waals surface area (Å²) in [5, 5.41) is 3.83. The van der Waals surface area contributed by atoms with Crippen molar-refractivity contribution in [1.29, 1.82) is 0 Å². The minimum absolute atomic E-state index is 0.677. The van der Waals surface area contributed by atoms with E-state index in [9.17, 15) is 0 Å². The van der Waals surface area contributed by atoms with E-state index >= 15 is 0 Å². The van der Waals surface area contributed by atoms with E-state index in [0.29, 0.717) is 6.04 Å². The van der Waals surface area contributed by atoms with E-state index in [4.69, 9.17) is 0 Å². The molecule has 1 aromatic carbocycles. The van der Waals surface area contributed by atoms with Gasteiger partial charge in [-0.05, 0) is 50.6 Å². The highest BCUT2D eigenvalue weighted by molar-refractivity contribution is 5.22. The molecule has 1 atom stereocenters. The Morgan fingerprint density at radius 2 is 1.70 bits per heavy atom. The molecule has 0 radical (unpaired) electrons. The summed E-state index contributed by atoms with van der Waals surface area (Å²) in [6.07, 6.45) is 11.0. The molecule has 20 heavy (non-hydrogen) atoms. The van der Waals surface area contributed by atoms with Crippen molar-refractivity contribution in [2.75, 3.05) is 6.54 Å². The van der Waals surface area contributed by atoms with E-state index < -0.39 is 0 Å². The number of benzene rings is 1. The van der Waals surface area contributed by atoms with Crippen LogP contribution in [0.3, 0.4) is 0 Å². The zero-order valence-corrected chi connectivity index (χ0v) is 13.3. The fourth-order valence-electron chi connectivity index (χ4n) is 3.43. The van der Waals surface area contributed by atoms with Gasteiger partial charge in [0.15, 0.2) is 0 Å². The monoisotopic (exact) mass is 273 g/mol. The maximum Gasteiger partial charge on any atom is 0.0136 e. The van der Waals surface area contributed by atoms with Crippen LogP contribution < -0.4 is 5.32 Å². The molecule has 1 saturated carbocycles. The van der Waals surface area contributed by atoms with Crippen molar-refractivity contribution in [3.05, 3.63) is 35.4 Å². The van der Waals surface area contributed by atoms with E-state index in [1.54, 1.807) is 0 Å². The predicted octanol–water partition coefficient (Wildman–Crippen LogP) is 4.88. The SMILES string of the molecule is CCCNC(Cc1ccc(C)cc1)C1CCCCCC1. The summed E-state index contributed by atoms with van der Waals surface area (Å²) < 4.78 is 0. The average Bonchev–Trinajstić information content (AvgIpc) is 2.74. The molecule has 112 valence electrons. The number of aryl methyl sites for hydroxylation is 1. The Bertz CT molecular complexity index is 360. The summed E-state index contributed by atoms with van der Waals surface area (Å²) in [6.45, 7) is 5.60. The van der Waals surface area contributed by atoms with E-state index in [1.807, 2.05) is 0 Å². The summed E-state index contributed by atoms with van der Waals surface area (Å²) in [4.78, 5) is 0. The van der Waals surface area contributed by atoms with E-state index in [-0.39, 0.29) is 0 Å². The van der Waals surface area contributed by atoms with Gasteiger partial charge in [-0.25, -0.2) is 0 Å². The van der Waals surface area contributed by atoms with Gasteiger partial charge in [0.2, 0.25) is 0 Å². The summed E-state index contributed by atoms with van der Waals surface area (Å²) in [5.41, 5.74) is 2.86. The third-order valence-electron chi connectivity index (χ3n) is 4.70. The molecule has 1 heteroatoms. The molecule has 0 aliphatic heterocycles. The fraction of sp³-hybridized carbons (Fsp3) is 0.684. The number of hydrogen-bond acceptors (Lipinski definition) is 1. The van der Waals surface area contributed by atoms with Gasteiger partial charge >= 0.3 is 0 Å². The van der Waals surface area contributed by atoms with Crippen LogP contribution in [0.25, 0.3) is 0 Å². The Hall–Kier alpha value is -0.820. The molecule has 1 aromatic rings. The maximum atomic E-state index is 3.83. The smallest absolute Gasteiger partial charge is 0.0136 e. The zero-order chi connectivity index (χ0) is 14.2. The van der Waals surface area contributed by atoms with Gasteiger partial charge in [-0.3, -0.25) is 0 Å². The van der Waals surface area contributed by atoms with Gasteiger partial charge in [0, 0.05) is 6.04 Å². The minimum Gasteiger partial charge on any atom is -0.313 e. The Labute approximate surface area is 125 Å². The average molecular weight is 273 g/mol. The van der Waals surface area contributed by atoms with Crippen molar-refractivity contribution in [2.24, 2.45) is 5.92 Å². The maximum absolute atomic E-state index is 3.83. The van der Waals surface area contributed by atoms with E-state index in [0.717, 1.165) is 12.5 Å². The van der Waals surface area contributed by atoms with Gasteiger partial charge in [-0.2, -0.15) is 0 Å². The minimum atomic E-state index is 0.677. The normalized spacial score (nSPS) is 18.7. The van der Waals surface area contributed by atoms with Crippen LogP contribution in [0.15, 0.2) is 24.3 Å². The predicted molar refractivity (Wildman–Crippen MR) is 88.2 cm³/mol. The molecule has 0 aromatic heterocycles. The van der Waals surface area contributed by atoms with Gasteiger partial charge in [-0.1, -0.05) is 62.4 Å². The number of rotatable bonds is 6. The molecular weight excluding hydrogens is 242 g/mol. The highest BCUT2D eigenvalue weighted by atomic mass is 14.9. The third-order valence-corrected chi connectivity index (χ3v) is 4.70. The second kappa shape index (κ2) is 8.46. The van der Waals surface area contributed by atoms with Crippen molar-refractivity contribution >= 4 is 0 Å². The molecule has 1 aliphatic carbocycles. The van der Waals surface area contributed by atoms with Crippen molar-refractivity contribution in [3.63, 3.8) is 0 Å². The summed E-state index contributed by atoms with van der Waals surface area (Å²) in [7, 11) is 0. The Morgan fingerprint density at radius 3 is 2.30 bits per heavy atom. The lowest BCUT2D eigenvalue weighted by Gasteiger charge is -2.27. The molecule has 0 heterocycles. The highest BCUT2D eigenvalue weighted by Crippen LogP contribution is 2.27. The first-order chi connectivity index (χ1) is 9.79. The Kier molecular flexibility index (Phi) is 6.59. The molecule has 1 fully saturated rings. The van der Waals surface area contributed by atoms with Crippen molar-refractivity contribution in [1.82, 2.24) is 5.32 Å². The number of nitrogens with one attached hydrogen (secondary N) is 1. The molecule has 1 nitrogen and oxygen atoms in total. The van der Waals surface area contributed by atoms with Gasteiger partial charge in [0.1, 0.15) is 0 Å². The molecule has 2 rings (SSSR count). The van der Waals surface area contributed by atoms with Crippen LogP contribution in [-0.2, 0) is 6.42 Å². The van der Waals surface area contributed by atoms with Gasteiger partial charge in [-0.15, -0.1) is 0 Å². The topological polar surface area (TPSA) is 12.0 Å². The van der Waals surface area contributed by atoms with Crippen molar-refractivity contribution < 1.29 is 0 Å². The van der Waals surface area contributed by atoms with Crippen LogP contribution in [0.1, 0.15) is 63.0 Å². The van der Waals surface area contributed by atoms with Crippen molar-refractivity contribution in [3.8, 4) is 0 Å². The zero-order valence-electron chi connectivity index (χ0n) is 13.3. The lowest BCUT2D eigenvalue weighted by Crippen LogP contribution is -2.38. The van der Waals surface area contributed by atoms with Crippen LogP contribution in [0.5, 0.6) is 0 Å². The first-order valence-electron chi connectivity index (χ1n) is 8.58. The molecule has 1 aliphatic rings. The second-order valence-corrected chi connectivity index (χ2v) is 6.50. The van der Waals surface area contributed by atoms with E-state index in [1.165, 1.54) is 62.5 Å². The number of hydrogen-bond donors (Lipinski definition) is 1. The summed E-state index contributed by atoms with van der Waals surface area (Å²) >= 11 is 0. The third kappa shape index (κ3) is 4.94. The molecule has 1 N–H and O–H groups in total. The van der Waals surface area contributed by atoms with Gasteiger partial charge in [0.05, 0.1) is 0 Å². The van der Waals surface area contributed by atoms with Crippen LogP contribution in [0.2, 0.25) is 0 Å². The first-order valence-corrected chi connectivity index (χ1v) is 8.58. The van der Waals surface area contributed by atoms with E-state index in [2.05, 4.69) is 43.4 Å². The fourth-order valence-corrected chi connectivity index (χ4v) is 3.43. The molecule has 0 amide bonds. The lowest BCUT2D eigenvalue weighted by molar-refractivity contribution is 0.317. The lowest BCUT2D eigenvalue weighted by atomic mass is 9.87. The van der Waals surface area contributed by atoms with Gasteiger partial charge in [0.25, 0.3) is 0 Å².